The van der Waals surface area contributed by atoms with Crippen molar-refractivity contribution < 1.29 is 14.3 Å². The second kappa shape index (κ2) is 8.03. The Morgan fingerprint density at radius 2 is 2.24 bits per heavy atom. The number of hydrogen-bond acceptors (Lipinski definition) is 4. The molecule has 0 bridgehead atoms. The van der Waals surface area contributed by atoms with E-state index in [-0.39, 0.29) is 11.8 Å². The maximum atomic E-state index is 11.5. The molecule has 1 rings (SSSR count). The Morgan fingerprint density at radius 3 is 2.94 bits per heavy atom. The van der Waals surface area contributed by atoms with Crippen LogP contribution in [0.5, 0.6) is 0 Å². The number of carbonyl (C=O) groups excluding carboxylic acids is 1. The van der Waals surface area contributed by atoms with Gasteiger partial charge in [0.1, 0.15) is 11.8 Å². The Hall–Kier alpha value is -1.13. The van der Waals surface area contributed by atoms with Crippen molar-refractivity contribution in [2.45, 2.75) is 19.8 Å². The molecule has 1 aromatic heterocycles. The molecule has 0 spiro atoms. The number of hydrogen-bond donors (Lipinski definition) is 0. The highest BCUT2D eigenvalue weighted by atomic mass is 35.5. The molecule has 4 nitrogen and oxygen atoms in total. The van der Waals surface area contributed by atoms with Crippen LogP contribution in [0.4, 0.5) is 0 Å². The van der Waals surface area contributed by atoms with Gasteiger partial charge in [0.2, 0.25) is 0 Å². The molecule has 5 heteroatoms. The van der Waals surface area contributed by atoms with Crippen molar-refractivity contribution in [3.05, 3.63) is 29.0 Å². The lowest BCUT2D eigenvalue weighted by atomic mass is 10.3. The summed E-state index contributed by atoms with van der Waals surface area (Å²) >= 11 is 5.66. The van der Waals surface area contributed by atoms with Gasteiger partial charge >= 0.3 is 5.97 Å². The van der Waals surface area contributed by atoms with E-state index in [9.17, 15) is 4.79 Å². The quantitative estimate of drug-likeness (QED) is 0.428. The molecular formula is C12H16ClNO3. The molecule has 17 heavy (non-hydrogen) atoms. The zero-order chi connectivity index (χ0) is 12.5. The Morgan fingerprint density at radius 1 is 1.41 bits per heavy atom. The van der Waals surface area contributed by atoms with Crippen molar-refractivity contribution in [3.63, 3.8) is 0 Å². The van der Waals surface area contributed by atoms with Gasteiger partial charge in [0.15, 0.2) is 0 Å². The van der Waals surface area contributed by atoms with Crippen LogP contribution in [0, 0.1) is 0 Å². The molecule has 0 unspecified atom stereocenters. The molecule has 0 N–H and O–H groups in total. The largest absolute Gasteiger partial charge is 0.460 e. The van der Waals surface area contributed by atoms with Crippen LogP contribution >= 0.6 is 11.6 Å². The van der Waals surface area contributed by atoms with Gasteiger partial charge in [-0.2, -0.15) is 0 Å². The lowest BCUT2D eigenvalue weighted by Gasteiger charge is -2.05. The first-order chi connectivity index (χ1) is 8.24. The van der Waals surface area contributed by atoms with Crippen molar-refractivity contribution in [2.24, 2.45) is 0 Å². The van der Waals surface area contributed by atoms with E-state index in [0.717, 1.165) is 12.8 Å². The van der Waals surface area contributed by atoms with Gasteiger partial charge in [-0.05, 0) is 18.6 Å². The summed E-state index contributed by atoms with van der Waals surface area (Å²) < 4.78 is 10.3. The maximum Gasteiger partial charge on any atom is 0.338 e. The van der Waals surface area contributed by atoms with Gasteiger partial charge in [-0.3, -0.25) is 0 Å². The fourth-order valence-corrected chi connectivity index (χ4v) is 1.33. The Kier molecular flexibility index (Phi) is 6.58. The van der Waals surface area contributed by atoms with Crippen molar-refractivity contribution in [3.8, 4) is 0 Å². The van der Waals surface area contributed by atoms with E-state index in [1.165, 1.54) is 12.3 Å². The average Bonchev–Trinajstić information content (AvgIpc) is 2.33. The van der Waals surface area contributed by atoms with Crippen LogP contribution in [0.15, 0.2) is 18.3 Å². The number of aromatic nitrogens is 1. The maximum absolute atomic E-state index is 11.5. The number of halogens is 1. The summed E-state index contributed by atoms with van der Waals surface area (Å²) in [6.45, 7) is 3.47. The van der Waals surface area contributed by atoms with Gasteiger partial charge in [-0.25, -0.2) is 9.78 Å². The Balaban J connectivity index is 2.21. The van der Waals surface area contributed by atoms with Gasteiger partial charge in [0.25, 0.3) is 0 Å². The Labute approximate surface area is 106 Å². The van der Waals surface area contributed by atoms with Crippen LogP contribution in [0.1, 0.15) is 30.1 Å². The number of rotatable bonds is 7. The summed E-state index contributed by atoms with van der Waals surface area (Å²) in [4.78, 5) is 15.3. The van der Waals surface area contributed by atoms with Gasteiger partial charge in [0.05, 0.1) is 12.2 Å². The predicted octanol–water partition coefficient (Wildman–Crippen LogP) is 2.71. The molecule has 0 saturated heterocycles. The fraction of sp³-hybridized carbons (Fsp3) is 0.500. The van der Waals surface area contributed by atoms with Crippen molar-refractivity contribution in [1.82, 2.24) is 4.98 Å². The summed E-state index contributed by atoms with van der Waals surface area (Å²) in [7, 11) is 0. The summed E-state index contributed by atoms with van der Waals surface area (Å²) in [5.74, 6) is -0.409. The smallest absolute Gasteiger partial charge is 0.338 e. The highest BCUT2D eigenvalue weighted by Gasteiger charge is 2.07. The minimum absolute atomic E-state index is 0.252. The summed E-state index contributed by atoms with van der Waals surface area (Å²) in [5.41, 5.74) is 0.401. The number of nitrogens with zero attached hydrogens (tertiary/aromatic N) is 1. The SMILES string of the molecule is CCCCOCCOC(=O)c1ccnc(Cl)c1. The number of pyridine rings is 1. The van der Waals surface area contributed by atoms with E-state index in [4.69, 9.17) is 21.1 Å². The zero-order valence-electron chi connectivity index (χ0n) is 9.82. The van der Waals surface area contributed by atoms with Crippen molar-refractivity contribution in [2.75, 3.05) is 19.8 Å². The normalized spacial score (nSPS) is 10.2. The lowest BCUT2D eigenvalue weighted by molar-refractivity contribution is 0.0313. The van der Waals surface area contributed by atoms with E-state index in [2.05, 4.69) is 11.9 Å². The van der Waals surface area contributed by atoms with Gasteiger partial charge in [0, 0.05) is 12.8 Å². The third-order valence-corrected chi connectivity index (χ3v) is 2.27. The van der Waals surface area contributed by atoms with Crippen molar-refractivity contribution >= 4 is 17.6 Å². The molecule has 0 aliphatic carbocycles. The number of esters is 1. The Bertz CT molecular complexity index is 357. The van der Waals surface area contributed by atoms with Crippen LogP contribution in [0.3, 0.4) is 0 Å². The van der Waals surface area contributed by atoms with Gasteiger partial charge < -0.3 is 9.47 Å². The van der Waals surface area contributed by atoms with E-state index in [1.54, 1.807) is 6.07 Å². The molecule has 0 atom stereocenters. The number of ether oxygens (including phenoxy) is 2. The summed E-state index contributed by atoms with van der Waals surface area (Å²) in [5, 5.41) is 0.277. The minimum atomic E-state index is -0.409. The zero-order valence-corrected chi connectivity index (χ0v) is 10.6. The molecule has 1 aromatic rings. The molecule has 0 aliphatic rings. The van der Waals surface area contributed by atoms with Crippen LogP contribution in [0.2, 0.25) is 5.15 Å². The average molecular weight is 258 g/mol. The minimum Gasteiger partial charge on any atom is -0.460 e. The molecule has 1 heterocycles. The topological polar surface area (TPSA) is 48.4 Å². The van der Waals surface area contributed by atoms with Gasteiger partial charge in [-0.15, -0.1) is 0 Å². The lowest BCUT2D eigenvalue weighted by Crippen LogP contribution is -2.11. The first-order valence-electron chi connectivity index (χ1n) is 5.60. The van der Waals surface area contributed by atoms with Crippen molar-refractivity contribution in [1.29, 1.82) is 0 Å². The monoisotopic (exact) mass is 257 g/mol. The molecule has 0 aromatic carbocycles. The predicted molar refractivity (Wildman–Crippen MR) is 65.3 cm³/mol. The fourth-order valence-electron chi connectivity index (χ4n) is 1.15. The second-order valence-electron chi connectivity index (χ2n) is 3.47. The molecule has 0 saturated carbocycles. The molecule has 94 valence electrons. The van der Waals surface area contributed by atoms with E-state index < -0.39 is 5.97 Å². The van der Waals surface area contributed by atoms with E-state index >= 15 is 0 Å². The molecule has 0 aliphatic heterocycles. The van der Waals surface area contributed by atoms with Crippen LogP contribution in [-0.2, 0) is 9.47 Å². The number of unbranched alkanes of at least 4 members (excludes halogenated alkanes) is 1. The summed E-state index contributed by atoms with van der Waals surface area (Å²) in [6.07, 6.45) is 3.58. The molecule has 0 amide bonds. The van der Waals surface area contributed by atoms with Gasteiger partial charge in [-0.1, -0.05) is 24.9 Å². The molecule has 0 fully saturated rings. The first kappa shape index (κ1) is 13.9. The highest BCUT2D eigenvalue weighted by Crippen LogP contribution is 2.08. The van der Waals surface area contributed by atoms with Crippen LogP contribution in [0.25, 0.3) is 0 Å². The van der Waals surface area contributed by atoms with E-state index in [0.29, 0.717) is 18.8 Å². The van der Waals surface area contributed by atoms with Crippen LogP contribution in [-0.4, -0.2) is 30.8 Å². The summed E-state index contributed by atoms with van der Waals surface area (Å²) in [6, 6.07) is 3.04. The number of carbonyl (C=O) groups is 1. The van der Waals surface area contributed by atoms with Crippen LogP contribution < -0.4 is 0 Å². The second-order valence-corrected chi connectivity index (χ2v) is 3.86. The standard InChI is InChI=1S/C12H16ClNO3/c1-2-3-6-16-7-8-17-12(15)10-4-5-14-11(13)9-10/h4-5,9H,2-3,6-8H2,1H3. The molecule has 0 radical (unpaired) electrons. The highest BCUT2D eigenvalue weighted by molar-refractivity contribution is 6.29. The third kappa shape index (κ3) is 5.65. The van der Waals surface area contributed by atoms with E-state index in [1.807, 2.05) is 0 Å². The first-order valence-corrected chi connectivity index (χ1v) is 5.98. The third-order valence-electron chi connectivity index (χ3n) is 2.07. The molecular weight excluding hydrogens is 242 g/mol.